The maximum Gasteiger partial charge on any atom is 0.262 e. The monoisotopic (exact) mass is 488 g/mol. The van der Waals surface area contributed by atoms with E-state index in [1.54, 1.807) is 17.1 Å². The quantitative estimate of drug-likeness (QED) is 0.486. The van der Waals surface area contributed by atoms with E-state index in [1.807, 2.05) is 54.6 Å². The summed E-state index contributed by atoms with van der Waals surface area (Å²) in [6, 6.07) is 19.2. The van der Waals surface area contributed by atoms with E-state index in [4.69, 9.17) is 4.74 Å². The van der Waals surface area contributed by atoms with Gasteiger partial charge in [0.25, 0.3) is 5.91 Å². The zero-order valence-corrected chi connectivity index (χ0v) is 19.8. The van der Waals surface area contributed by atoms with Gasteiger partial charge in [0.05, 0.1) is 6.54 Å². The van der Waals surface area contributed by atoms with Crippen LogP contribution >= 0.6 is 23.1 Å². The fraction of sp³-hybridized carbons (Fsp3) is 0.261. The molecule has 0 radical (unpaired) electrons. The van der Waals surface area contributed by atoms with Gasteiger partial charge in [0.2, 0.25) is 10.0 Å². The van der Waals surface area contributed by atoms with Crippen LogP contribution in [0.25, 0.3) is 11.1 Å². The van der Waals surface area contributed by atoms with E-state index in [-0.39, 0.29) is 22.9 Å². The summed E-state index contributed by atoms with van der Waals surface area (Å²) in [6.45, 7) is 1.48. The molecular weight excluding hydrogens is 464 g/mol. The molecule has 0 aliphatic carbocycles. The predicted octanol–water partition coefficient (Wildman–Crippen LogP) is 3.96. The molecule has 4 rings (SSSR count). The van der Waals surface area contributed by atoms with Crippen molar-refractivity contribution in [3.8, 4) is 16.9 Å². The summed E-state index contributed by atoms with van der Waals surface area (Å²) < 4.78 is 33.3. The number of nitrogens with zero attached hydrogens (tertiary/aromatic N) is 1. The first-order valence-corrected chi connectivity index (χ1v) is 13.8. The van der Waals surface area contributed by atoms with Crippen LogP contribution in [0.5, 0.6) is 5.75 Å². The fourth-order valence-corrected chi connectivity index (χ4v) is 7.34. The van der Waals surface area contributed by atoms with Crippen molar-refractivity contribution in [2.45, 2.75) is 4.90 Å². The van der Waals surface area contributed by atoms with Crippen molar-refractivity contribution in [2.75, 3.05) is 37.7 Å². The summed E-state index contributed by atoms with van der Waals surface area (Å²) in [5.74, 6) is 1.87. The second-order valence-corrected chi connectivity index (χ2v) is 11.1. The van der Waals surface area contributed by atoms with Crippen LogP contribution in [0, 0.1) is 0 Å². The molecule has 0 saturated carbocycles. The van der Waals surface area contributed by atoms with Gasteiger partial charge in [-0.1, -0.05) is 48.5 Å². The molecule has 3 aromatic rings. The number of nitrogens with one attached hydrogen (secondary N) is 1. The van der Waals surface area contributed by atoms with E-state index in [9.17, 15) is 13.2 Å². The molecule has 9 heteroatoms. The van der Waals surface area contributed by atoms with E-state index >= 15 is 0 Å². The van der Waals surface area contributed by atoms with Crippen molar-refractivity contribution in [3.05, 3.63) is 70.9 Å². The molecule has 1 N–H and O–H groups in total. The lowest BCUT2D eigenvalue weighted by Gasteiger charge is -2.25. The van der Waals surface area contributed by atoms with Crippen molar-refractivity contribution in [2.24, 2.45) is 0 Å². The average molecular weight is 489 g/mol. The summed E-state index contributed by atoms with van der Waals surface area (Å²) in [6.07, 6.45) is 0. The van der Waals surface area contributed by atoms with Gasteiger partial charge in [-0.3, -0.25) is 4.79 Å². The summed E-state index contributed by atoms with van der Waals surface area (Å²) in [7, 11) is -3.67. The van der Waals surface area contributed by atoms with Gasteiger partial charge in [-0.25, -0.2) is 8.42 Å². The highest BCUT2D eigenvalue weighted by Crippen LogP contribution is 2.30. The summed E-state index contributed by atoms with van der Waals surface area (Å²) in [5, 5.41) is 4.44. The third-order valence-electron chi connectivity index (χ3n) is 5.04. The first-order chi connectivity index (χ1) is 15.6. The predicted molar refractivity (Wildman–Crippen MR) is 130 cm³/mol. The van der Waals surface area contributed by atoms with Gasteiger partial charge >= 0.3 is 0 Å². The number of carbonyl (C=O) groups excluding carboxylic acids is 1. The molecule has 0 spiro atoms. The van der Waals surface area contributed by atoms with Gasteiger partial charge in [0.15, 0.2) is 0 Å². The molecule has 168 valence electrons. The Morgan fingerprint density at radius 3 is 2.50 bits per heavy atom. The standard InChI is InChI=1S/C23H24N2O4S3/c26-23(22-21(10-15-31-22)32(27,28)25-12-16-30-17-13-25)24-11-14-29-20-9-5-4-8-19(20)18-6-2-1-3-7-18/h1-10,15H,11-14,16-17H2,(H,24,26). The molecule has 1 amide bonds. The zero-order chi connectivity index (χ0) is 22.4. The molecule has 1 saturated heterocycles. The van der Waals surface area contributed by atoms with Crippen LogP contribution < -0.4 is 10.1 Å². The van der Waals surface area contributed by atoms with Gasteiger partial charge in [0, 0.05) is 30.2 Å². The molecule has 2 aromatic carbocycles. The largest absolute Gasteiger partial charge is 0.491 e. The van der Waals surface area contributed by atoms with Crippen molar-refractivity contribution >= 4 is 39.0 Å². The number of thiophene rings is 1. The Kier molecular flexibility index (Phi) is 7.51. The molecule has 1 aliphatic heterocycles. The fourth-order valence-electron chi connectivity index (χ4n) is 3.45. The normalized spacial score (nSPS) is 14.8. The molecule has 0 bridgehead atoms. The Balaban J connectivity index is 1.37. The van der Waals surface area contributed by atoms with Crippen LogP contribution in [-0.2, 0) is 10.0 Å². The highest BCUT2D eigenvalue weighted by Gasteiger charge is 2.31. The van der Waals surface area contributed by atoms with Crippen molar-refractivity contribution in [1.29, 1.82) is 0 Å². The number of hydrogen-bond acceptors (Lipinski definition) is 6. The molecule has 1 fully saturated rings. The Bertz CT molecular complexity index is 1160. The van der Waals surface area contributed by atoms with Crippen LogP contribution in [0.4, 0.5) is 0 Å². The van der Waals surface area contributed by atoms with E-state index in [2.05, 4.69) is 5.32 Å². The first-order valence-electron chi connectivity index (χ1n) is 10.3. The van der Waals surface area contributed by atoms with Gasteiger partial charge in [0.1, 0.15) is 22.1 Å². The maximum absolute atomic E-state index is 13.0. The number of thioether (sulfide) groups is 1. The number of para-hydroxylation sites is 1. The number of ether oxygens (including phenoxy) is 1. The molecule has 2 heterocycles. The van der Waals surface area contributed by atoms with E-state index in [0.29, 0.717) is 13.1 Å². The Morgan fingerprint density at radius 2 is 1.72 bits per heavy atom. The number of carbonyl (C=O) groups is 1. The molecule has 32 heavy (non-hydrogen) atoms. The van der Waals surface area contributed by atoms with E-state index < -0.39 is 15.9 Å². The third kappa shape index (κ3) is 5.17. The van der Waals surface area contributed by atoms with Crippen LogP contribution in [0.3, 0.4) is 0 Å². The van der Waals surface area contributed by atoms with Crippen molar-refractivity contribution < 1.29 is 17.9 Å². The lowest BCUT2D eigenvalue weighted by molar-refractivity contribution is 0.0948. The van der Waals surface area contributed by atoms with Crippen LogP contribution in [-0.4, -0.2) is 56.4 Å². The highest BCUT2D eigenvalue weighted by atomic mass is 32.2. The molecule has 6 nitrogen and oxygen atoms in total. The number of hydrogen-bond donors (Lipinski definition) is 1. The second-order valence-electron chi connectivity index (χ2n) is 7.10. The summed E-state index contributed by atoms with van der Waals surface area (Å²) in [4.78, 5) is 13.0. The third-order valence-corrected chi connectivity index (χ3v) is 8.97. The molecule has 0 unspecified atom stereocenters. The minimum absolute atomic E-state index is 0.0854. The summed E-state index contributed by atoms with van der Waals surface area (Å²) in [5.41, 5.74) is 2.03. The first kappa shape index (κ1) is 22.8. The highest BCUT2D eigenvalue weighted by molar-refractivity contribution is 7.99. The minimum atomic E-state index is -3.67. The number of benzene rings is 2. The molecule has 1 aliphatic rings. The number of sulfonamides is 1. The minimum Gasteiger partial charge on any atom is -0.491 e. The summed E-state index contributed by atoms with van der Waals surface area (Å²) >= 11 is 2.88. The van der Waals surface area contributed by atoms with Crippen LogP contribution in [0.2, 0.25) is 0 Å². The topological polar surface area (TPSA) is 75.7 Å². The number of rotatable bonds is 8. The molecule has 1 aromatic heterocycles. The average Bonchev–Trinajstić information content (AvgIpc) is 3.34. The molecular formula is C23H24N2O4S3. The van der Waals surface area contributed by atoms with Crippen molar-refractivity contribution in [1.82, 2.24) is 9.62 Å². The zero-order valence-electron chi connectivity index (χ0n) is 17.4. The lowest BCUT2D eigenvalue weighted by atomic mass is 10.1. The Labute approximate surface area is 196 Å². The number of amides is 1. The smallest absolute Gasteiger partial charge is 0.262 e. The Hall–Kier alpha value is -2.33. The van der Waals surface area contributed by atoms with Crippen LogP contribution in [0.1, 0.15) is 9.67 Å². The van der Waals surface area contributed by atoms with E-state index in [0.717, 1.165) is 39.7 Å². The second kappa shape index (κ2) is 10.5. The Morgan fingerprint density at radius 1 is 1.00 bits per heavy atom. The maximum atomic E-state index is 13.0. The lowest BCUT2D eigenvalue weighted by Crippen LogP contribution is -2.38. The van der Waals surface area contributed by atoms with Gasteiger partial charge in [-0.2, -0.15) is 16.1 Å². The van der Waals surface area contributed by atoms with Gasteiger partial charge in [-0.15, -0.1) is 11.3 Å². The van der Waals surface area contributed by atoms with Gasteiger partial charge < -0.3 is 10.1 Å². The van der Waals surface area contributed by atoms with Crippen molar-refractivity contribution in [3.63, 3.8) is 0 Å². The van der Waals surface area contributed by atoms with E-state index in [1.165, 1.54) is 10.4 Å². The molecule has 0 atom stereocenters. The SMILES string of the molecule is O=C(NCCOc1ccccc1-c1ccccc1)c1sccc1S(=O)(=O)N1CCSCC1. The van der Waals surface area contributed by atoms with Gasteiger partial charge in [-0.05, 0) is 23.1 Å². The van der Waals surface area contributed by atoms with Crippen LogP contribution in [0.15, 0.2) is 70.9 Å².